The molecule has 0 fully saturated rings. The standard InChI is InChI=1S/C24H22O5/c1-17-7-9-18(10-8-17)23(25)21-5-3-4-6-22(21)24(26)29-16-15-28-20-13-11-19(27-2)12-14-20/h3-14H,15-16H2,1-2H3. The third-order valence-corrected chi connectivity index (χ3v) is 4.35. The van der Waals surface area contributed by atoms with Gasteiger partial charge in [-0.15, -0.1) is 0 Å². The Hall–Kier alpha value is -3.60. The van der Waals surface area contributed by atoms with Gasteiger partial charge in [-0.25, -0.2) is 4.79 Å². The van der Waals surface area contributed by atoms with E-state index < -0.39 is 5.97 Å². The Morgan fingerprint density at radius 1 is 0.759 bits per heavy atom. The van der Waals surface area contributed by atoms with Gasteiger partial charge < -0.3 is 14.2 Å². The van der Waals surface area contributed by atoms with E-state index in [-0.39, 0.29) is 24.6 Å². The normalized spacial score (nSPS) is 10.3. The zero-order valence-corrected chi connectivity index (χ0v) is 16.4. The van der Waals surface area contributed by atoms with E-state index in [2.05, 4.69) is 0 Å². The van der Waals surface area contributed by atoms with Gasteiger partial charge in [-0.05, 0) is 37.3 Å². The highest BCUT2D eigenvalue weighted by atomic mass is 16.6. The number of carbonyl (C=O) groups is 2. The minimum atomic E-state index is -0.556. The van der Waals surface area contributed by atoms with Crippen LogP contribution in [-0.4, -0.2) is 32.1 Å². The zero-order chi connectivity index (χ0) is 20.6. The number of esters is 1. The van der Waals surface area contributed by atoms with Gasteiger partial charge >= 0.3 is 5.97 Å². The first-order valence-corrected chi connectivity index (χ1v) is 9.23. The molecule has 0 aromatic heterocycles. The van der Waals surface area contributed by atoms with Crippen LogP contribution in [0.15, 0.2) is 72.8 Å². The van der Waals surface area contributed by atoms with E-state index in [0.717, 1.165) is 11.3 Å². The van der Waals surface area contributed by atoms with Crippen LogP contribution in [0.5, 0.6) is 11.5 Å². The van der Waals surface area contributed by atoms with Crippen molar-refractivity contribution in [1.29, 1.82) is 0 Å². The maximum absolute atomic E-state index is 12.8. The molecular weight excluding hydrogens is 368 g/mol. The lowest BCUT2D eigenvalue weighted by molar-refractivity contribution is 0.0448. The number of methoxy groups -OCH3 is 1. The van der Waals surface area contributed by atoms with Crippen LogP contribution in [0.2, 0.25) is 0 Å². The minimum Gasteiger partial charge on any atom is -0.497 e. The van der Waals surface area contributed by atoms with Gasteiger partial charge in [0.1, 0.15) is 24.7 Å². The molecule has 5 nitrogen and oxygen atoms in total. The van der Waals surface area contributed by atoms with Crippen LogP contribution >= 0.6 is 0 Å². The second kappa shape index (κ2) is 9.55. The van der Waals surface area contributed by atoms with Crippen LogP contribution in [-0.2, 0) is 4.74 Å². The molecule has 0 unspecified atom stereocenters. The van der Waals surface area contributed by atoms with Gasteiger partial charge in [0, 0.05) is 11.1 Å². The predicted octanol–water partition coefficient (Wildman–Crippen LogP) is 4.47. The molecule has 29 heavy (non-hydrogen) atoms. The summed E-state index contributed by atoms with van der Waals surface area (Å²) >= 11 is 0. The third-order valence-electron chi connectivity index (χ3n) is 4.35. The highest BCUT2D eigenvalue weighted by Crippen LogP contribution is 2.18. The number of rotatable bonds is 8. The Morgan fingerprint density at radius 3 is 2.03 bits per heavy atom. The first kappa shape index (κ1) is 20.1. The van der Waals surface area contributed by atoms with Crippen LogP contribution in [0, 0.1) is 6.92 Å². The van der Waals surface area contributed by atoms with Crippen LogP contribution in [0.3, 0.4) is 0 Å². The van der Waals surface area contributed by atoms with E-state index >= 15 is 0 Å². The van der Waals surface area contributed by atoms with E-state index in [4.69, 9.17) is 14.2 Å². The van der Waals surface area contributed by atoms with Crippen molar-refractivity contribution in [2.24, 2.45) is 0 Å². The van der Waals surface area contributed by atoms with Crippen LogP contribution in [0.1, 0.15) is 31.8 Å². The van der Waals surface area contributed by atoms with Crippen molar-refractivity contribution in [2.45, 2.75) is 6.92 Å². The van der Waals surface area contributed by atoms with Crippen LogP contribution in [0.25, 0.3) is 0 Å². The second-order valence-corrected chi connectivity index (χ2v) is 6.40. The fourth-order valence-electron chi connectivity index (χ4n) is 2.76. The Kier molecular flexibility index (Phi) is 6.63. The summed E-state index contributed by atoms with van der Waals surface area (Å²) in [4.78, 5) is 25.3. The van der Waals surface area contributed by atoms with Crippen molar-refractivity contribution in [3.8, 4) is 11.5 Å². The third kappa shape index (κ3) is 5.23. The first-order chi connectivity index (χ1) is 14.1. The molecule has 148 valence electrons. The molecule has 3 aromatic rings. The highest BCUT2D eigenvalue weighted by molar-refractivity contribution is 6.14. The monoisotopic (exact) mass is 390 g/mol. The SMILES string of the molecule is COc1ccc(OCCOC(=O)c2ccccc2C(=O)c2ccc(C)cc2)cc1. The van der Waals surface area contributed by atoms with Gasteiger partial charge in [-0.3, -0.25) is 4.79 Å². The molecule has 3 aromatic carbocycles. The molecule has 0 saturated heterocycles. The molecule has 0 aliphatic heterocycles. The molecule has 0 amide bonds. The summed E-state index contributed by atoms with van der Waals surface area (Å²) < 4.78 is 15.9. The quantitative estimate of drug-likeness (QED) is 0.323. The molecule has 3 rings (SSSR count). The molecule has 5 heteroatoms. The fraction of sp³-hybridized carbons (Fsp3) is 0.167. The molecule has 0 heterocycles. The summed E-state index contributed by atoms with van der Waals surface area (Å²) in [6.45, 7) is 2.22. The van der Waals surface area contributed by atoms with Gasteiger partial charge in [0.05, 0.1) is 12.7 Å². The van der Waals surface area contributed by atoms with Crippen molar-refractivity contribution >= 4 is 11.8 Å². The number of hydrogen-bond acceptors (Lipinski definition) is 5. The minimum absolute atomic E-state index is 0.0674. The van der Waals surface area contributed by atoms with Crippen molar-refractivity contribution in [2.75, 3.05) is 20.3 Å². The molecular formula is C24H22O5. The number of aryl methyl sites for hydroxylation is 1. The Labute approximate surface area is 169 Å². The van der Waals surface area contributed by atoms with Crippen LogP contribution in [0.4, 0.5) is 0 Å². The lowest BCUT2D eigenvalue weighted by Gasteiger charge is -2.10. The molecule has 0 N–H and O–H groups in total. The zero-order valence-electron chi connectivity index (χ0n) is 16.4. The maximum atomic E-state index is 12.8. The highest BCUT2D eigenvalue weighted by Gasteiger charge is 2.19. The summed E-state index contributed by atoms with van der Waals surface area (Å²) in [6, 6.07) is 21.0. The van der Waals surface area contributed by atoms with Crippen molar-refractivity contribution in [3.05, 3.63) is 95.1 Å². The van der Waals surface area contributed by atoms with E-state index in [1.54, 1.807) is 67.8 Å². The first-order valence-electron chi connectivity index (χ1n) is 9.23. The molecule has 0 aliphatic carbocycles. The topological polar surface area (TPSA) is 61.8 Å². The van der Waals surface area contributed by atoms with Gasteiger partial charge in [0.2, 0.25) is 0 Å². The molecule has 0 atom stereocenters. The van der Waals surface area contributed by atoms with E-state index in [1.807, 2.05) is 19.1 Å². The Balaban J connectivity index is 1.60. The number of ether oxygens (including phenoxy) is 3. The predicted molar refractivity (Wildman–Crippen MR) is 110 cm³/mol. The second-order valence-electron chi connectivity index (χ2n) is 6.40. The van der Waals surface area contributed by atoms with E-state index in [0.29, 0.717) is 16.9 Å². The molecule has 0 radical (unpaired) electrons. The summed E-state index contributed by atoms with van der Waals surface area (Å²) in [7, 11) is 1.59. The largest absolute Gasteiger partial charge is 0.497 e. The average molecular weight is 390 g/mol. The number of benzene rings is 3. The number of carbonyl (C=O) groups excluding carboxylic acids is 2. The van der Waals surface area contributed by atoms with E-state index in [1.165, 1.54) is 0 Å². The Bertz CT molecular complexity index is 975. The summed E-state index contributed by atoms with van der Waals surface area (Å²) in [5, 5.41) is 0. The number of hydrogen-bond donors (Lipinski definition) is 0. The summed E-state index contributed by atoms with van der Waals surface area (Å²) in [6.07, 6.45) is 0. The fourth-order valence-corrected chi connectivity index (χ4v) is 2.76. The van der Waals surface area contributed by atoms with Crippen molar-refractivity contribution in [3.63, 3.8) is 0 Å². The molecule has 0 bridgehead atoms. The number of ketones is 1. The smallest absolute Gasteiger partial charge is 0.339 e. The van der Waals surface area contributed by atoms with Gasteiger partial charge in [0.25, 0.3) is 0 Å². The maximum Gasteiger partial charge on any atom is 0.339 e. The van der Waals surface area contributed by atoms with Crippen molar-refractivity contribution < 1.29 is 23.8 Å². The summed E-state index contributed by atoms with van der Waals surface area (Å²) in [5.41, 5.74) is 2.14. The lowest BCUT2D eigenvalue weighted by atomic mass is 9.98. The van der Waals surface area contributed by atoms with Crippen LogP contribution < -0.4 is 9.47 Å². The molecule has 0 spiro atoms. The van der Waals surface area contributed by atoms with Crippen molar-refractivity contribution in [1.82, 2.24) is 0 Å². The van der Waals surface area contributed by atoms with Gasteiger partial charge in [-0.1, -0.05) is 48.0 Å². The average Bonchev–Trinajstić information content (AvgIpc) is 2.77. The lowest BCUT2D eigenvalue weighted by Crippen LogP contribution is -2.16. The summed E-state index contributed by atoms with van der Waals surface area (Å²) in [5.74, 6) is 0.613. The van der Waals surface area contributed by atoms with Gasteiger partial charge in [0.15, 0.2) is 5.78 Å². The molecule has 0 aliphatic rings. The Morgan fingerprint density at radius 2 is 1.38 bits per heavy atom. The molecule has 0 saturated carbocycles. The van der Waals surface area contributed by atoms with Gasteiger partial charge in [-0.2, -0.15) is 0 Å². The van der Waals surface area contributed by atoms with E-state index in [9.17, 15) is 9.59 Å².